The van der Waals surface area contributed by atoms with Gasteiger partial charge in [-0.15, -0.1) is 11.3 Å². The van der Waals surface area contributed by atoms with Crippen molar-refractivity contribution < 1.29 is 9.53 Å². The van der Waals surface area contributed by atoms with Gasteiger partial charge in [0.05, 0.1) is 18.1 Å². The minimum Gasteiger partial charge on any atom is -0.378 e. The summed E-state index contributed by atoms with van der Waals surface area (Å²) in [5.41, 5.74) is 0.865. The topological polar surface area (TPSA) is 58.2 Å². The number of aromatic nitrogens is 2. The molecule has 0 bridgehead atoms. The molecule has 0 unspecified atom stereocenters. The van der Waals surface area contributed by atoms with Gasteiger partial charge in [0.15, 0.2) is 0 Å². The van der Waals surface area contributed by atoms with Crippen LogP contribution in [0.15, 0.2) is 24.5 Å². The van der Waals surface area contributed by atoms with Crippen molar-refractivity contribution in [3.8, 4) is 0 Å². The van der Waals surface area contributed by atoms with Crippen LogP contribution in [0, 0.1) is 0 Å². The summed E-state index contributed by atoms with van der Waals surface area (Å²) >= 11 is 1.54. The summed E-state index contributed by atoms with van der Waals surface area (Å²) in [5.74, 6) is 0.0955. The molecule has 0 saturated carbocycles. The van der Waals surface area contributed by atoms with E-state index in [1.54, 1.807) is 11.3 Å². The number of nitrogens with one attached hydrogen (secondary N) is 1. The van der Waals surface area contributed by atoms with E-state index in [0.717, 1.165) is 26.0 Å². The lowest BCUT2D eigenvalue weighted by molar-refractivity contribution is 0.0306. The maximum Gasteiger partial charge on any atom is 0.264 e. The number of nitrogens with zero attached hydrogens (tertiary/aromatic N) is 2. The third-order valence-corrected chi connectivity index (χ3v) is 4.74. The maximum atomic E-state index is 12.5. The molecule has 5 nitrogen and oxygen atoms in total. The van der Waals surface area contributed by atoms with Crippen LogP contribution in [0.4, 0.5) is 0 Å². The molecular weight excluding hydrogens is 274 g/mol. The molecule has 6 heteroatoms. The molecule has 3 aromatic heterocycles. The van der Waals surface area contributed by atoms with Crippen LogP contribution in [0.2, 0.25) is 0 Å². The van der Waals surface area contributed by atoms with Crippen molar-refractivity contribution in [3.05, 3.63) is 29.4 Å². The van der Waals surface area contributed by atoms with Crippen LogP contribution in [0.1, 0.15) is 9.67 Å². The van der Waals surface area contributed by atoms with Crippen molar-refractivity contribution in [2.24, 2.45) is 0 Å². The van der Waals surface area contributed by atoms with Gasteiger partial charge >= 0.3 is 0 Å². The fourth-order valence-corrected chi connectivity index (χ4v) is 3.65. The monoisotopic (exact) mass is 287 g/mol. The molecule has 0 aliphatic carbocycles. The highest BCUT2D eigenvalue weighted by molar-refractivity contribution is 7.21. The highest BCUT2D eigenvalue weighted by Crippen LogP contribution is 2.31. The third-order valence-electron chi connectivity index (χ3n) is 3.57. The van der Waals surface area contributed by atoms with Crippen LogP contribution < -0.4 is 0 Å². The normalized spacial score (nSPS) is 16.1. The zero-order valence-corrected chi connectivity index (χ0v) is 11.6. The van der Waals surface area contributed by atoms with Crippen molar-refractivity contribution in [3.63, 3.8) is 0 Å². The molecule has 1 saturated heterocycles. The quantitative estimate of drug-likeness (QED) is 0.747. The second kappa shape index (κ2) is 4.57. The second-order valence-corrected chi connectivity index (χ2v) is 5.85. The maximum absolute atomic E-state index is 12.5. The van der Waals surface area contributed by atoms with Crippen LogP contribution in [-0.2, 0) is 4.74 Å². The predicted octanol–water partition coefficient (Wildman–Crippen LogP) is 2.25. The lowest BCUT2D eigenvalue weighted by Gasteiger charge is -2.26. The number of H-pyrrole nitrogens is 1. The fourth-order valence-electron chi connectivity index (χ4n) is 2.52. The number of pyridine rings is 1. The summed E-state index contributed by atoms with van der Waals surface area (Å²) in [6.45, 7) is 2.59. The molecule has 0 aromatic carbocycles. The Morgan fingerprint density at radius 2 is 2.25 bits per heavy atom. The molecule has 1 N–H and O–H groups in total. The number of ether oxygens (including phenoxy) is 1. The lowest BCUT2D eigenvalue weighted by Crippen LogP contribution is -2.40. The number of rotatable bonds is 1. The molecule has 102 valence electrons. The van der Waals surface area contributed by atoms with Crippen molar-refractivity contribution in [1.82, 2.24) is 14.9 Å². The second-order valence-electron chi connectivity index (χ2n) is 4.80. The van der Waals surface area contributed by atoms with Gasteiger partial charge in [-0.05, 0) is 12.1 Å². The Bertz CT molecular complexity index is 786. The summed E-state index contributed by atoms with van der Waals surface area (Å²) < 4.78 is 6.41. The number of aromatic amines is 1. The molecule has 1 amide bonds. The number of hydrogen-bond donors (Lipinski definition) is 1. The molecule has 0 spiro atoms. The Balaban J connectivity index is 1.78. The van der Waals surface area contributed by atoms with E-state index in [2.05, 4.69) is 9.97 Å². The van der Waals surface area contributed by atoms with Crippen molar-refractivity contribution in [2.75, 3.05) is 26.3 Å². The van der Waals surface area contributed by atoms with E-state index >= 15 is 0 Å². The van der Waals surface area contributed by atoms with Crippen LogP contribution in [0.5, 0.6) is 0 Å². The third kappa shape index (κ3) is 1.80. The number of carbonyl (C=O) groups is 1. The molecule has 1 aliphatic rings. The number of hydrogen-bond acceptors (Lipinski definition) is 4. The Hall–Kier alpha value is -1.92. The van der Waals surface area contributed by atoms with Gasteiger partial charge in [-0.25, -0.2) is 4.98 Å². The van der Waals surface area contributed by atoms with Crippen LogP contribution >= 0.6 is 11.3 Å². The fraction of sp³-hybridized carbons (Fsp3) is 0.286. The summed E-state index contributed by atoms with van der Waals surface area (Å²) in [7, 11) is 0. The van der Waals surface area contributed by atoms with Gasteiger partial charge in [0.25, 0.3) is 5.91 Å². The van der Waals surface area contributed by atoms with Gasteiger partial charge in [-0.3, -0.25) is 4.79 Å². The Morgan fingerprint density at radius 3 is 3.10 bits per heavy atom. The zero-order valence-electron chi connectivity index (χ0n) is 10.8. The van der Waals surface area contributed by atoms with E-state index in [-0.39, 0.29) is 5.91 Å². The van der Waals surface area contributed by atoms with Gasteiger partial charge in [-0.1, -0.05) is 0 Å². The van der Waals surface area contributed by atoms with Gasteiger partial charge in [0, 0.05) is 41.0 Å². The number of thiophene rings is 1. The van der Waals surface area contributed by atoms with Crippen LogP contribution in [-0.4, -0.2) is 47.1 Å². The molecule has 1 fully saturated rings. The predicted molar refractivity (Wildman–Crippen MR) is 78.2 cm³/mol. The summed E-state index contributed by atoms with van der Waals surface area (Å²) in [4.78, 5) is 22.6. The van der Waals surface area contributed by atoms with Crippen molar-refractivity contribution in [1.29, 1.82) is 0 Å². The first-order valence-corrected chi connectivity index (χ1v) is 7.37. The molecule has 0 atom stereocenters. The first-order chi connectivity index (χ1) is 9.83. The largest absolute Gasteiger partial charge is 0.378 e. The van der Waals surface area contributed by atoms with Gasteiger partial charge in [0.2, 0.25) is 0 Å². The molecule has 4 heterocycles. The van der Waals surface area contributed by atoms with E-state index in [9.17, 15) is 4.79 Å². The highest BCUT2D eigenvalue weighted by atomic mass is 32.1. The molecule has 0 radical (unpaired) electrons. The standard InChI is InChI=1S/C14H13N3O2S/c18-14(17-3-5-19-6-4-17)11-7-9-8-16-13-10(1-2-15-13)12(9)20-11/h1-2,7-8H,3-6H2,(H,15,16). The van der Waals surface area contributed by atoms with E-state index in [4.69, 9.17) is 4.74 Å². The first-order valence-electron chi connectivity index (χ1n) is 6.55. The van der Waals surface area contributed by atoms with Crippen molar-refractivity contribution in [2.45, 2.75) is 0 Å². The van der Waals surface area contributed by atoms with Gasteiger partial charge in [-0.2, -0.15) is 0 Å². The lowest BCUT2D eigenvalue weighted by atomic mass is 10.2. The average Bonchev–Trinajstić information content (AvgIpc) is 3.12. The minimum atomic E-state index is 0.0955. The smallest absolute Gasteiger partial charge is 0.264 e. The minimum absolute atomic E-state index is 0.0955. The van der Waals surface area contributed by atoms with Crippen molar-refractivity contribution >= 4 is 38.4 Å². The highest BCUT2D eigenvalue weighted by Gasteiger charge is 2.21. The molecular formula is C14H13N3O2S. The number of fused-ring (bicyclic) bond motifs is 3. The van der Waals surface area contributed by atoms with Crippen LogP contribution in [0.25, 0.3) is 21.1 Å². The number of morpholine rings is 1. The van der Waals surface area contributed by atoms with E-state index in [1.807, 2.05) is 29.4 Å². The molecule has 1 aliphatic heterocycles. The molecule has 3 aromatic rings. The van der Waals surface area contributed by atoms with Crippen LogP contribution in [0.3, 0.4) is 0 Å². The number of carbonyl (C=O) groups excluding carboxylic acids is 1. The Morgan fingerprint density at radius 1 is 1.40 bits per heavy atom. The zero-order chi connectivity index (χ0) is 13.5. The molecule has 4 rings (SSSR count). The number of amides is 1. The Kier molecular flexibility index (Phi) is 2.71. The van der Waals surface area contributed by atoms with Gasteiger partial charge in [0.1, 0.15) is 5.65 Å². The summed E-state index contributed by atoms with van der Waals surface area (Å²) in [6, 6.07) is 3.95. The van der Waals surface area contributed by atoms with Gasteiger partial charge < -0.3 is 14.6 Å². The Labute approximate surface area is 119 Å². The van der Waals surface area contributed by atoms with E-state index in [0.29, 0.717) is 26.3 Å². The van der Waals surface area contributed by atoms with E-state index in [1.165, 1.54) is 0 Å². The average molecular weight is 287 g/mol. The molecule has 20 heavy (non-hydrogen) atoms. The van der Waals surface area contributed by atoms with E-state index < -0.39 is 0 Å². The summed E-state index contributed by atoms with van der Waals surface area (Å²) in [6.07, 6.45) is 3.70. The summed E-state index contributed by atoms with van der Waals surface area (Å²) in [5, 5.41) is 2.10. The SMILES string of the molecule is O=C(c1cc2cnc3[nH]ccc3c2s1)N1CCOCC1. The first kappa shape index (κ1) is 11.9.